The second-order valence-corrected chi connectivity index (χ2v) is 3.31. The molecular weight excluding hydrogens is 258 g/mol. The van der Waals surface area contributed by atoms with Crippen molar-refractivity contribution < 1.29 is 31.8 Å². The Morgan fingerprint density at radius 3 is 2.50 bits per heavy atom. The first-order valence-electron chi connectivity index (χ1n) is 4.70. The third kappa shape index (κ3) is 4.11. The van der Waals surface area contributed by atoms with Gasteiger partial charge in [-0.2, -0.15) is 0 Å². The predicted octanol–water partition coefficient (Wildman–Crippen LogP) is 2.88. The lowest BCUT2D eigenvalue weighted by molar-refractivity contribution is -0.274. The van der Waals surface area contributed by atoms with Gasteiger partial charge in [-0.3, -0.25) is 0 Å². The number of primary amides is 1. The first-order chi connectivity index (χ1) is 8.19. The van der Waals surface area contributed by atoms with E-state index in [0.29, 0.717) is 0 Å². The van der Waals surface area contributed by atoms with Gasteiger partial charge >= 0.3 is 12.5 Å². The minimum atomic E-state index is -4.89. The van der Waals surface area contributed by atoms with Crippen molar-refractivity contribution in [2.45, 2.75) is 19.4 Å². The average Bonchev–Trinajstić information content (AvgIpc) is 2.17. The molecule has 4 nitrogen and oxygen atoms in total. The minimum absolute atomic E-state index is 0.268. The average molecular weight is 267 g/mol. The van der Waals surface area contributed by atoms with Crippen molar-refractivity contribution in [1.82, 2.24) is 0 Å². The van der Waals surface area contributed by atoms with Gasteiger partial charge in [-0.15, -0.1) is 13.2 Å². The van der Waals surface area contributed by atoms with E-state index in [1.807, 2.05) is 0 Å². The molecule has 18 heavy (non-hydrogen) atoms. The molecule has 1 amide bonds. The summed E-state index contributed by atoms with van der Waals surface area (Å²) in [6, 6.07) is 2.37. The molecule has 1 aromatic carbocycles. The number of alkyl halides is 3. The van der Waals surface area contributed by atoms with Crippen molar-refractivity contribution in [3.8, 4) is 5.75 Å². The molecule has 1 atom stereocenters. The van der Waals surface area contributed by atoms with E-state index in [9.17, 15) is 22.4 Å². The molecule has 0 saturated carbocycles. The summed E-state index contributed by atoms with van der Waals surface area (Å²) >= 11 is 0. The van der Waals surface area contributed by atoms with Gasteiger partial charge in [-0.05, 0) is 25.1 Å². The van der Waals surface area contributed by atoms with Crippen molar-refractivity contribution in [3.63, 3.8) is 0 Å². The molecule has 0 aliphatic carbocycles. The summed E-state index contributed by atoms with van der Waals surface area (Å²) in [4.78, 5) is 10.5. The van der Waals surface area contributed by atoms with Crippen LogP contribution in [0.5, 0.6) is 5.75 Å². The Morgan fingerprint density at radius 1 is 1.39 bits per heavy atom. The molecule has 100 valence electrons. The van der Waals surface area contributed by atoms with Gasteiger partial charge in [-0.25, -0.2) is 9.18 Å². The molecule has 1 aromatic rings. The Morgan fingerprint density at radius 2 is 2.00 bits per heavy atom. The molecule has 0 fully saturated rings. The number of ether oxygens (including phenoxy) is 2. The highest BCUT2D eigenvalue weighted by atomic mass is 19.4. The van der Waals surface area contributed by atoms with Gasteiger partial charge in [0.25, 0.3) is 0 Å². The molecule has 0 saturated heterocycles. The van der Waals surface area contributed by atoms with E-state index in [2.05, 4.69) is 9.47 Å². The molecule has 1 rings (SSSR count). The van der Waals surface area contributed by atoms with Gasteiger partial charge in [-0.1, -0.05) is 0 Å². The van der Waals surface area contributed by atoms with Gasteiger partial charge in [0.2, 0.25) is 0 Å². The highest BCUT2D eigenvalue weighted by Crippen LogP contribution is 2.28. The van der Waals surface area contributed by atoms with Crippen LogP contribution in [0.4, 0.5) is 22.4 Å². The second kappa shape index (κ2) is 5.11. The summed E-state index contributed by atoms with van der Waals surface area (Å²) in [5.41, 5.74) is 4.46. The Bertz CT molecular complexity index is 447. The van der Waals surface area contributed by atoms with Crippen molar-refractivity contribution in [1.29, 1.82) is 0 Å². The molecule has 0 aliphatic heterocycles. The van der Waals surface area contributed by atoms with Gasteiger partial charge in [0.15, 0.2) is 0 Å². The van der Waals surface area contributed by atoms with Crippen LogP contribution in [0.25, 0.3) is 0 Å². The fraction of sp³-hybridized carbons (Fsp3) is 0.300. The Labute approximate surface area is 99.3 Å². The maximum absolute atomic E-state index is 13.3. The zero-order chi connectivity index (χ0) is 13.9. The third-order valence-corrected chi connectivity index (χ3v) is 1.93. The highest BCUT2D eigenvalue weighted by molar-refractivity contribution is 5.65. The lowest BCUT2D eigenvalue weighted by atomic mass is 10.1. The largest absolute Gasteiger partial charge is 0.573 e. The molecular formula is C10H9F4NO3. The number of hydrogen-bond donors (Lipinski definition) is 1. The van der Waals surface area contributed by atoms with Gasteiger partial charge in [0, 0.05) is 5.56 Å². The molecule has 8 heteroatoms. The summed E-state index contributed by atoms with van der Waals surface area (Å²) < 4.78 is 57.3. The monoisotopic (exact) mass is 267 g/mol. The Hall–Kier alpha value is -1.99. The standard InChI is InChI=1S/C10H9F4NO3/c1-5(17-9(15)16)7-4-6(2-3-8(7)11)18-10(12,13)14/h2-5H,1H3,(H2,15,16)/t5-/m1/s1. The predicted molar refractivity (Wildman–Crippen MR) is 52.2 cm³/mol. The summed E-state index contributed by atoms with van der Waals surface area (Å²) in [5.74, 6) is -1.45. The number of nitrogens with two attached hydrogens (primary N) is 1. The summed E-state index contributed by atoms with van der Waals surface area (Å²) in [5, 5.41) is 0. The maximum Gasteiger partial charge on any atom is 0.573 e. The van der Waals surface area contributed by atoms with Crippen LogP contribution in [0.15, 0.2) is 18.2 Å². The molecule has 0 unspecified atom stereocenters. The van der Waals surface area contributed by atoms with Crippen molar-refractivity contribution in [2.24, 2.45) is 5.73 Å². The fourth-order valence-corrected chi connectivity index (χ4v) is 1.27. The quantitative estimate of drug-likeness (QED) is 0.856. The molecule has 0 bridgehead atoms. The number of carbonyl (C=O) groups is 1. The van der Waals surface area contributed by atoms with Crippen LogP contribution < -0.4 is 10.5 Å². The zero-order valence-corrected chi connectivity index (χ0v) is 9.12. The van der Waals surface area contributed by atoms with E-state index in [1.165, 1.54) is 6.92 Å². The first-order valence-corrected chi connectivity index (χ1v) is 4.70. The number of carbonyl (C=O) groups excluding carboxylic acids is 1. The number of halogens is 4. The summed E-state index contributed by atoms with van der Waals surface area (Å²) in [7, 11) is 0. The lowest BCUT2D eigenvalue weighted by Crippen LogP contribution is -2.18. The molecule has 0 spiro atoms. The first kappa shape index (κ1) is 14.1. The Balaban J connectivity index is 2.97. The zero-order valence-electron chi connectivity index (χ0n) is 9.12. The van der Waals surface area contributed by atoms with Crippen molar-refractivity contribution in [3.05, 3.63) is 29.6 Å². The van der Waals surface area contributed by atoms with Crippen LogP contribution in [0, 0.1) is 5.82 Å². The maximum atomic E-state index is 13.3. The SMILES string of the molecule is C[C@@H](OC(N)=O)c1cc(OC(F)(F)F)ccc1F. The lowest BCUT2D eigenvalue weighted by Gasteiger charge is -2.15. The molecule has 2 N–H and O–H groups in total. The van der Waals surface area contributed by atoms with E-state index in [4.69, 9.17) is 5.73 Å². The third-order valence-electron chi connectivity index (χ3n) is 1.93. The van der Waals surface area contributed by atoms with Crippen molar-refractivity contribution in [2.75, 3.05) is 0 Å². The summed E-state index contributed by atoms with van der Waals surface area (Å²) in [6.07, 6.45) is -7.17. The minimum Gasteiger partial charge on any atom is -0.442 e. The van der Waals surface area contributed by atoms with Gasteiger partial charge < -0.3 is 15.2 Å². The van der Waals surface area contributed by atoms with Crippen LogP contribution in [0.2, 0.25) is 0 Å². The van der Waals surface area contributed by atoms with Crippen LogP contribution in [-0.4, -0.2) is 12.5 Å². The summed E-state index contributed by atoms with van der Waals surface area (Å²) in [6.45, 7) is 1.26. The van der Waals surface area contributed by atoms with E-state index >= 15 is 0 Å². The van der Waals surface area contributed by atoms with E-state index in [0.717, 1.165) is 18.2 Å². The van der Waals surface area contributed by atoms with E-state index in [1.54, 1.807) is 0 Å². The Kier molecular flexibility index (Phi) is 4.00. The van der Waals surface area contributed by atoms with Gasteiger partial charge in [0.05, 0.1) is 0 Å². The highest BCUT2D eigenvalue weighted by Gasteiger charge is 2.31. The van der Waals surface area contributed by atoms with Crippen LogP contribution >= 0.6 is 0 Å². The topological polar surface area (TPSA) is 61.5 Å². The molecule has 0 aromatic heterocycles. The molecule has 0 radical (unpaired) electrons. The fourth-order valence-electron chi connectivity index (χ4n) is 1.27. The van der Waals surface area contributed by atoms with E-state index < -0.39 is 30.1 Å². The van der Waals surface area contributed by atoms with E-state index in [-0.39, 0.29) is 5.56 Å². The van der Waals surface area contributed by atoms with Crippen LogP contribution in [0.3, 0.4) is 0 Å². The van der Waals surface area contributed by atoms with Crippen molar-refractivity contribution >= 4 is 6.09 Å². The van der Waals surface area contributed by atoms with Gasteiger partial charge in [0.1, 0.15) is 17.7 Å². The molecule has 0 aliphatic rings. The number of amides is 1. The number of hydrogen-bond acceptors (Lipinski definition) is 3. The normalized spacial score (nSPS) is 12.9. The second-order valence-electron chi connectivity index (χ2n) is 3.31. The van der Waals surface area contributed by atoms with Crippen LogP contribution in [-0.2, 0) is 4.74 Å². The molecule has 0 heterocycles. The number of rotatable bonds is 3. The smallest absolute Gasteiger partial charge is 0.442 e. The van der Waals surface area contributed by atoms with Crippen LogP contribution in [0.1, 0.15) is 18.6 Å². The number of benzene rings is 1.